The van der Waals surface area contributed by atoms with Crippen molar-refractivity contribution in [3.8, 4) is 51.7 Å². The quantitative estimate of drug-likeness (QED) is 0.0112. The van der Waals surface area contributed by atoms with Gasteiger partial charge in [0.05, 0.1) is 34.2 Å². The number of benzene rings is 7. The predicted octanol–water partition coefficient (Wildman–Crippen LogP) is 18.7. The number of fused-ring (bicyclic) bond motifs is 1. The minimum absolute atomic E-state index is 0.137. The maximum absolute atomic E-state index is 11.7. The Hall–Kier alpha value is -7.74. The van der Waals surface area contributed by atoms with Gasteiger partial charge < -0.3 is 145 Å². The molecule has 147 heavy (non-hydrogen) atoms. The second kappa shape index (κ2) is 75.1. The van der Waals surface area contributed by atoms with Gasteiger partial charge in [-0.3, -0.25) is 4.79 Å². The number of rotatable bonds is 61. The number of ether oxygens (including phenoxy) is 11. The van der Waals surface area contributed by atoms with Gasteiger partial charge in [0, 0.05) is 197 Å². The number of methoxy groups -OCH3 is 3. The lowest BCUT2D eigenvalue weighted by Gasteiger charge is -2.29. The van der Waals surface area contributed by atoms with Gasteiger partial charge in [0.15, 0.2) is 17.8 Å². The third kappa shape index (κ3) is 48.0. The van der Waals surface area contributed by atoms with Crippen LogP contribution in [0.2, 0.25) is 0 Å². The molecular weight excluding hydrogens is 2010 g/mol. The van der Waals surface area contributed by atoms with E-state index in [1.165, 1.54) is 13.2 Å². The normalized spacial score (nSPS) is 13.1. The molecular formula is C106H174O34Si7. The van der Waals surface area contributed by atoms with Gasteiger partial charge >= 0.3 is 73.8 Å². The lowest BCUT2D eigenvalue weighted by Crippen LogP contribution is -2.56. The summed E-state index contributed by atoms with van der Waals surface area (Å²) in [7, 11) is -14.5. The zero-order chi connectivity index (χ0) is 109. The van der Waals surface area contributed by atoms with Crippen LogP contribution < -0.4 is 63.4 Å². The van der Waals surface area contributed by atoms with Crippen molar-refractivity contribution >= 4 is 94.5 Å². The summed E-state index contributed by atoms with van der Waals surface area (Å²) in [5, 5.41) is 3.58. The van der Waals surface area contributed by atoms with Gasteiger partial charge in [0.1, 0.15) is 59.1 Å². The summed E-state index contributed by atoms with van der Waals surface area (Å²) in [5.74, 6) is 5.98. The van der Waals surface area contributed by atoms with Crippen LogP contribution in [0.3, 0.4) is 0 Å². The summed E-state index contributed by atoms with van der Waals surface area (Å²) >= 11 is 0. The summed E-state index contributed by atoms with van der Waals surface area (Å²) in [6.07, 6.45) is 3.73. The second-order valence-corrected chi connectivity index (χ2v) is 49.9. The van der Waals surface area contributed by atoms with E-state index >= 15 is 0 Å². The molecule has 1 unspecified atom stereocenters. The largest absolute Gasteiger partial charge is 0.537 e. The van der Waals surface area contributed by atoms with Crippen LogP contribution in [0.25, 0.3) is 0 Å². The zero-order valence-corrected chi connectivity index (χ0v) is 100.0. The number of hydrogen-bond donors (Lipinski definition) is 0. The maximum atomic E-state index is 11.7. The first-order chi connectivity index (χ1) is 70.8. The summed E-state index contributed by atoms with van der Waals surface area (Å²) in [5.41, 5.74) is 2.65. The van der Waals surface area contributed by atoms with Crippen molar-refractivity contribution in [3.63, 3.8) is 0 Å². The van der Waals surface area contributed by atoms with Crippen LogP contribution >= 0.6 is 0 Å². The standard InChI is InChI=1S/C17H28O6Si.C17H28O5Si.C15H24O5Si.C15H26O5Si.C14H22O5Si.C14H24O4Si.C14H22O4Si/c1-7-19-24(20-8-2,21-9-3)15-12-10-14(11-13-15)22-16(18)23-17(4,5)6;1-4-19-23(20-5-2,21-6-3)16-12-10-15(11-13-16)22-17-9-7-8-14-18-17;1-4-18-21(19-5-2,20-6-3)12-13-7-8-14-15(11-13)17-10-9-16-14;1-6-18-21(19-7-2,20-8-3)12-13-9-14(16-4)11-15(10-13)17-5;1-5-16-20(17-6-2,18-7-3)14-10-8-13(9-11-14)19-12(4)15;1-5-16-19(17-6-2,18-7-3)12-13-8-10-14(15-4)11-9-13;1-5-15-13-9-11-14(12-10-13)19(16-6-2,17-7-3)18-8-4/h10-13H,7-9H2,1-6H3;10-13,17H,4-9,14H2,1-3H3;7-8,11H,4-6,9-10,12H2,1-3H3;9-11H,6-8,12H2,1-5H3;8-11H,5-7H2,1-4H3;8-11H,5-7,12H2,1-4H3;5,9-12H,1,6-8H2,2-4H3. The molecule has 0 saturated carbocycles. The van der Waals surface area contributed by atoms with Crippen molar-refractivity contribution in [1.82, 2.24) is 0 Å². The fourth-order valence-corrected chi connectivity index (χ4v) is 32.4. The molecule has 0 radical (unpaired) electrons. The lowest BCUT2D eigenvalue weighted by molar-refractivity contribution is -0.131. The summed E-state index contributed by atoms with van der Waals surface area (Å²) in [4.78, 5) is 22.6. The fourth-order valence-electron chi connectivity index (χ4n) is 14.8. The highest BCUT2D eigenvalue weighted by atomic mass is 28.4. The Labute approximate surface area is 885 Å². The summed E-state index contributed by atoms with van der Waals surface area (Å²) < 4.78 is 182. The molecule has 1 saturated heterocycles. The first kappa shape index (κ1) is 133. The molecule has 1 atom stereocenters. The fraction of sp³-hybridized carbons (Fsp3) is 0.566. The smallest absolute Gasteiger partial charge is 0.497 e. The predicted molar refractivity (Wildman–Crippen MR) is 583 cm³/mol. The minimum Gasteiger partial charge on any atom is -0.497 e. The molecule has 9 rings (SSSR count). The van der Waals surface area contributed by atoms with Crippen LogP contribution in [0.15, 0.2) is 171 Å². The number of carbonyl (C=O) groups is 2. The van der Waals surface area contributed by atoms with Crippen molar-refractivity contribution in [2.75, 3.05) is 180 Å². The van der Waals surface area contributed by atoms with Crippen LogP contribution in [0.5, 0.6) is 51.7 Å². The van der Waals surface area contributed by atoms with Gasteiger partial charge in [-0.1, -0.05) is 73.3 Å². The first-order valence-corrected chi connectivity index (χ1v) is 64.3. The van der Waals surface area contributed by atoms with Crippen LogP contribution in [-0.2, 0) is 125 Å². The lowest BCUT2D eigenvalue weighted by atomic mass is 10.2. The molecule has 0 N–H and O–H groups in total. The number of hydrogen-bond acceptors (Lipinski definition) is 34. The minimum atomic E-state index is -2.94. The summed E-state index contributed by atoms with van der Waals surface area (Å²) in [6.45, 7) is 64.5. The van der Waals surface area contributed by atoms with Crippen LogP contribution in [-0.4, -0.2) is 266 Å². The Morgan fingerprint density at radius 2 is 0.599 bits per heavy atom. The third-order valence-corrected chi connectivity index (χ3v) is 41.3. The SMILES string of the molecule is C=COc1ccc([Si](OCC)(OCC)OCC)cc1.CCO[Si](Cc1cc(OC)cc(OC)c1)(OCC)OCC.CCO[Si](Cc1ccc(OC)cc1)(OCC)OCC.CCO[Si](Cc1ccc2c(c1)OCCO2)(OCC)OCC.CCO[Si](OCC)(OCC)c1ccc(OC(=O)OC(C)(C)C)cc1.CCO[Si](OCC)(OCC)c1ccc(OC(C)=O)cc1.CCO[Si](OCC)(OCC)c1ccc(OC2CCCCO2)cc1. The molecule has 2 aliphatic rings. The third-order valence-electron chi connectivity index (χ3n) is 20.0. The van der Waals surface area contributed by atoms with Gasteiger partial charge in [-0.05, 0) is 281 Å². The monoisotopic (exact) mass is 2190 g/mol. The van der Waals surface area contributed by atoms with Gasteiger partial charge in [-0.25, -0.2) is 4.79 Å². The topological polar surface area (TPSA) is 330 Å². The highest BCUT2D eigenvalue weighted by molar-refractivity contribution is 6.77. The van der Waals surface area contributed by atoms with E-state index in [2.05, 4.69) is 6.58 Å². The molecule has 34 nitrogen and oxygen atoms in total. The Morgan fingerprint density at radius 1 is 0.313 bits per heavy atom. The molecule has 0 aromatic heterocycles. The first-order valence-electron chi connectivity index (χ1n) is 51.6. The van der Waals surface area contributed by atoms with Crippen LogP contribution in [0, 0.1) is 0 Å². The van der Waals surface area contributed by atoms with E-state index in [0.29, 0.717) is 182 Å². The van der Waals surface area contributed by atoms with Crippen molar-refractivity contribution in [1.29, 1.82) is 0 Å². The van der Waals surface area contributed by atoms with Gasteiger partial charge in [0.25, 0.3) is 0 Å². The van der Waals surface area contributed by atoms with Gasteiger partial charge in [0.2, 0.25) is 0 Å². The van der Waals surface area contributed by atoms with E-state index in [0.717, 1.165) is 104 Å². The Kier molecular flexibility index (Phi) is 68.1. The van der Waals surface area contributed by atoms with Crippen molar-refractivity contribution < 1.29 is 155 Å². The highest BCUT2D eigenvalue weighted by Gasteiger charge is 2.49. The van der Waals surface area contributed by atoms with E-state index in [1.54, 1.807) is 78.5 Å². The van der Waals surface area contributed by atoms with Gasteiger partial charge in [-0.15, -0.1) is 0 Å². The average Bonchev–Trinajstić information content (AvgIpc) is 0.823. The Morgan fingerprint density at radius 3 is 0.891 bits per heavy atom. The van der Waals surface area contributed by atoms with Crippen molar-refractivity contribution in [3.05, 3.63) is 187 Å². The van der Waals surface area contributed by atoms with Crippen molar-refractivity contribution in [2.45, 2.75) is 222 Å². The summed E-state index contributed by atoms with van der Waals surface area (Å²) in [6, 6.07) is 51.0. The molecule has 7 aromatic carbocycles. The van der Waals surface area contributed by atoms with Crippen LogP contribution in [0.4, 0.5) is 4.79 Å². The average molecular weight is 2190 g/mol. The van der Waals surface area contributed by atoms with E-state index in [9.17, 15) is 9.59 Å². The highest BCUT2D eigenvalue weighted by Crippen LogP contribution is 2.34. The molecule has 1 fully saturated rings. The molecule has 830 valence electrons. The Balaban J connectivity index is 0.000000441. The molecule has 2 heterocycles. The second-order valence-electron chi connectivity index (χ2n) is 31.9. The molecule has 0 aliphatic carbocycles. The van der Waals surface area contributed by atoms with E-state index in [1.807, 2.05) is 267 Å². The molecule has 2 aliphatic heterocycles. The molecule has 0 bridgehead atoms. The maximum Gasteiger partial charge on any atom is 0.537 e. The van der Waals surface area contributed by atoms with Crippen molar-refractivity contribution in [2.24, 2.45) is 0 Å². The van der Waals surface area contributed by atoms with E-state index in [-0.39, 0.29) is 12.3 Å². The van der Waals surface area contributed by atoms with E-state index < -0.39 is 73.4 Å². The molecule has 0 amide bonds. The zero-order valence-electron chi connectivity index (χ0n) is 93.0. The van der Waals surface area contributed by atoms with Gasteiger partial charge in [-0.2, -0.15) is 0 Å². The molecule has 0 spiro atoms. The Bertz CT molecular complexity index is 4440. The molecule has 7 aromatic rings. The van der Waals surface area contributed by atoms with E-state index in [4.69, 9.17) is 145 Å². The number of esters is 1. The van der Waals surface area contributed by atoms with Crippen LogP contribution in [0.1, 0.15) is 209 Å². The number of carbonyl (C=O) groups excluding carboxylic acids is 2. The molecule has 41 heteroatoms.